The fourth-order valence-corrected chi connectivity index (χ4v) is 3.11. The Labute approximate surface area is 164 Å². The van der Waals surface area contributed by atoms with Gasteiger partial charge in [-0.15, -0.1) is 0 Å². The van der Waals surface area contributed by atoms with E-state index in [9.17, 15) is 27.6 Å². The van der Waals surface area contributed by atoms with Crippen molar-refractivity contribution in [2.45, 2.75) is 19.5 Å². The van der Waals surface area contributed by atoms with Gasteiger partial charge in [0, 0.05) is 37.0 Å². The van der Waals surface area contributed by atoms with Crippen molar-refractivity contribution >= 4 is 34.8 Å². The van der Waals surface area contributed by atoms with Crippen LogP contribution >= 0.6 is 0 Å². The number of carbonyl (C=O) groups is 3. The van der Waals surface area contributed by atoms with Crippen LogP contribution in [0.3, 0.4) is 0 Å². The summed E-state index contributed by atoms with van der Waals surface area (Å²) in [5.74, 6) is -1.78. The fraction of sp³-hybridized carbons (Fsp3) is 0.250. The largest absolute Gasteiger partial charge is 0.416 e. The molecule has 152 valence electrons. The Balaban J connectivity index is 1.70. The van der Waals surface area contributed by atoms with Crippen LogP contribution in [0.5, 0.6) is 0 Å². The van der Waals surface area contributed by atoms with Crippen molar-refractivity contribution < 1.29 is 27.6 Å². The third kappa shape index (κ3) is 4.92. The normalized spacial score (nSPS) is 16.6. The molecule has 2 N–H and O–H groups in total. The Hall–Kier alpha value is -3.36. The Kier molecular flexibility index (Phi) is 5.58. The van der Waals surface area contributed by atoms with E-state index in [0.29, 0.717) is 11.4 Å². The number of amides is 3. The zero-order valence-electron chi connectivity index (χ0n) is 15.4. The molecule has 9 heteroatoms. The zero-order chi connectivity index (χ0) is 21.2. The van der Waals surface area contributed by atoms with Gasteiger partial charge in [0.05, 0.1) is 11.5 Å². The Morgan fingerprint density at radius 1 is 1.03 bits per heavy atom. The highest BCUT2D eigenvalue weighted by molar-refractivity contribution is 6.04. The maximum atomic E-state index is 12.8. The SMILES string of the molecule is CC(=O)Nc1cccc(N2C[C@H](C(=O)Nc3cccc(C(F)(F)F)c3)CC2=O)c1. The van der Waals surface area contributed by atoms with Gasteiger partial charge in [0.1, 0.15) is 0 Å². The van der Waals surface area contributed by atoms with Crippen LogP contribution in [0.2, 0.25) is 0 Å². The van der Waals surface area contributed by atoms with Crippen LogP contribution in [0.25, 0.3) is 0 Å². The number of anilines is 3. The number of carbonyl (C=O) groups excluding carboxylic acids is 3. The van der Waals surface area contributed by atoms with E-state index < -0.39 is 23.6 Å². The number of rotatable bonds is 4. The monoisotopic (exact) mass is 405 g/mol. The van der Waals surface area contributed by atoms with E-state index >= 15 is 0 Å². The predicted octanol–water partition coefficient (Wildman–Crippen LogP) is 3.66. The molecule has 0 bridgehead atoms. The highest BCUT2D eigenvalue weighted by Gasteiger charge is 2.36. The second-order valence-electron chi connectivity index (χ2n) is 6.70. The zero-order valence-corrected chi connectivity index (χ0v) is 15.4. The third-order valence-electron chi connectivity index (χ3n) is 4.43. The number of benzene rings is 2. The summed E-state index contributed by atoms with van der Waals surface area (Å²) in [7, 11) is 0. The quantitative estimate of drug-likeness (QED) is 0.815. The van der Waals surface area contributed by atoms with E-state index in [2.05, 4.69) is 10.6 Å². The van der Waals surface area contributed by atoms with Crippen LogP contribution in [0, 0.1) is 5.92 Å². The topological polar surface area (TPSA) is 78.5 Å². The van der Waals surface area contributed by atoms with E-state index in [-0.39, 0.29) is 30.5 Å². The van der Waals surface area contributed by atoms with Crippen LogP contribution in [0.15, 0.2) is 48.5 Å². The highest BCUT2D eigenvalue weighted by atomic mass is 19.4. The van der Waals surface area contributed by atoms with E-state index in [1.165, 1.54) is 24.0 Å². The average molecular weight is 405 g/mol. The molecule has 1 heterocycles. The summed E-state index contributed by atoms with van der Waals surface area (Å²) in [5, 5.41) is 5.07. The van der Waals surface area contributed by atoms with Gasteiger partial charge in [0.2, 0.25) is 17.7 Å². The summed E-state index contributed by atoms with van der Waals surface area (Å²) < 4.78 is 38.5. The molecule has 1 aliphatic rings. The first-order valence-corrected chi connectivity index (χ1v) is 8.79. The number of nitrogens with zero attached hydrogens (tertiary/aromatic N) is 1. The van der Waals surface area contributed by atoms with Crippen molar-refractivity contribution in [3.8, 4) is 0 Å². The van der Waals surface area contributed by atoms with Crippen molar-refractivity contribution in [1.82, 2.24) is 0 Å². The van der Waals surface area contributed by atoms with Gasteiger partial charge in [-0.1, -0.05) is 12.1 Å². The molecule has 6 nitrogen and oxygen atoms in total. The summed E-state index contributed by atoms with van der Waals surface area (Å²) in [4.78, 5) is 37.5. The van der Waals surface area contributed by atoms with Crippen molar-refractivity contribution in [2.24, 2.45) is 5.92 Å². The molecule has 0 radical (unpaired) electrons. The molecule has 1 saturated heterocycles. The molecule has 1 aliphatic heterocycles. The fourth-order valence-electron chi connectivity index (χ4n) is 3.11. The number of hydrogen-bond donors (Lipinski definition) is 2. The first-order chi connectivity index (χ1) is 13.6. The van der Waals surface area contributed by atoms with E-state index in [1.807, 2.05) is 0 Å². The Bertz CT molecular complexity index is 959. The van der Waals surface area contributed by atoms with Crippen molar-refractivity contribution in [3.05, 3.63) is 54.1 Å². The van der Waals surface area contributed by atoms with Crippen molar-refractivity contribution in [2.75, 3.05) is 22.1 Å². The smallest absolute Gasteiger partial charge is 0.326 e. The first-order valence-electron chi connectivity index (χ1n) is 8.79. The lowest BCUT2D eigenvalue weighted by atomic mass is 10.1. The van der Waals surface area contributed by atoms with Gasteiger partial charge in [-0.25, -0.2) is 0 Å². The lowest BCUT2D eigenvalue weighted by Gasteiger charge is -2.18. The Morgan fingerprint density at radius 2 is 1.69 bits per heavy atom. The summed E-state index contributed by atoms with van der Waals surface area (Å²) in [6, 6.07) is 11.0. The summed E-state index contributed by atoms with van der Waals surface area (Å²) >= 11 is 0. The third-order valence-corrected chi connectivity index (χ3v) is 4.43. The standard InChI is InChI=1S/C20H18F3N3O3/c1-12(27)24-16-6-3-7-17(10-16)26-11-13(8-18(26)28)19(29)25-15-5-2-4-14(9-15)20(21,22)23/h2-7,9-10,13H,8,11H2,1H3,(H,24,27)(H,25,29)/t13-/m1/s1. The van der Waals surface area contributed by atoms with Gasteiger partial charge in [0.25, 0.3) is 0 Å². The minimum atomic E-state index is -4.51. The van der Waals surface area contributed by atoms with Crippen molar-refractivity contribution in [1.29, 1.82) is 0 Å². The maximum absolute atomic E-state index is 12.8. The molecule has 0 spiro atoms. The molecule has 0 unspecified atom stereocenters. The molecule has 2 aromatic rings. The van der Waals surface area contributed by atoms with Crippen molar-refractivity contribution in [3.63, 3.8) is 0 Å². The first kappa shape index (κ1) is 20.4. The molecular formula is C20H18F3N3O3. The molecule has 1 atom stereocenters. The van der Waals surface area contributed by atoms with Gasteiger partial charge in [-0.3, -0.25) is 14.4 Å². The number of nitrogens with one attached hydrogen (secondary N) is 2. The van der Waals surface area contributed by atoms with Crippen LogP contribution in [0.4, 0.5) is 30.2 Å². The molecule has 29 heavy (non-hydrogen) atoms. The molecule has 0 aromatic heterocycles. The molecule has 3 rings (SSSR count). The summed E-state index contributed by atoms with van der Waals surface area (Å²) in [6.45, 7) is 1.45. The van der Waals surface area contributed by atoms with E-state index in [4.69, 9.17) is 0 Å². The van der Waals surface area contributed by atoms with Gasteiger partial charge in [-0.2, -0.15) is 13.2 Å². The maximum Gasteiger partial charge on any atom is 0.416 e. The van der Waals surface area contributed by atoms with Crippen LogP contribution in [0.1, 0.15) is 18.9 Å². The number of halogens is 3. The minimum absolute atomic E-state index is 0.0170. The summed E-state index contributed by atoms with van der Waals surface area (Å²) in [5.41, 5.74) is 0.188. The molecule has 2 aromatic carbocycles. The molecule has 0 aliphatic carbocycles. The van der Waals surface area contributed by atoms with E-state index in [0.717, 1.165) is 12.1 Å². The summed E-state index contributed by atoms with van der Waals surface area (Å²) in [6.07, 6.45) is -4.57. The lowest BCUT2D eigenvalue weighted by molar-refractivity contribution is -0.137. The van der Waals surface area contributed by atoms with Gasteiger partial charge in [0.15, 0.2) is 0 Å². The number of alkyl halides is 3. The molecular weight excluding hydrogens is 387 g/mol. The second-order valence-corrected chi connectivity index (χ2v) is 6.70. The van der Waals surface area contributed by atoms with Gasteiger partial charge < -0.3 is 15.5 Å². The highest BCUT2D eigenvalue weighted by Crippen LogP contribution is 2.31. The molecule has 3 amide bonds. The predicted molar refractivity (Wildman–Crippen MR) is 101 cm³/mol. The van der Waals surface area contributed by atoms with Gasteiger partial charge in [-0.05, 0) is 36.4 Å². The van der Waals surface area contributed by atoms with Crippen LogP contribution < -0.4 is 15.5 Å². The second kappa shape index (κ2) is 7.94. The molecule has 0 saturated carbocycles. The molecule has 1 fully saturated rings. The lowest BCUT2D eigenvalue weighted by Crippen LogP contribution is -2.28. The Morgan fingerprint density at radius 3 is 2.34 bits per heavy atom. The minimum Gasteiger partial charge on any atom is -0.326 e. The number of hydrogen-bond acceptors (Lipinski definition) is 3. The van der Waals surface area contributed by atoms with E-state index in [1.54, 1.807) is 24.3 Å². The average Bonchev–Trinajstić information content (AvgIpc) is 3.03. The van der Waals surface area contributed by atoms with Crippen LogP contribution in [-0.4, -0.2) is 24.3 Å². The van der Waals surface area contributed by atoms with Gasteiger partial charge >= 0.3 is 6.18 Å². The van der Waals surface area contributed by atoms with Crippen LogP contribution in [-0.2, 0) is 20.6 Å².